The van der Waals surface area contributed by atoms with Crippen molar-refractivity contribution in [3.63, 3.8) is 0 Å². The van der Waals surface area contributed by atoms with Crippen LogP contribution < -0.4 is 5.32 Å². The quantitative estimate of drug-likeness (QED) is 0.357. The van der Waals surface area contributed by atoms with Crippen LogP contribution in [0.4, 0.5) is 4.39 Å². The van der Waals surface area contributed by atoms with Crippen molar-refractivity contribution in [2.75, 3.05) is 6.54 Å². The van der Waals surface area contributed by atoms with Crippen LogP contribution in [0.15, 0.2) is 78.9 Å². The van der Waals surface area contributed by atoms with Gasteiger partial charge >= 0.3 is 0 Å². The third-order valence-electron chi connectivity index (χ3n) is 5.99. The van der Waals surface area contributed by atoms with Crippen molar-refractivity contribution < 1.29 is 14.0 Å². The minimum atomic E-state index is -0.870. The number of carbonyl (C=O) groups is 2. The number of para-hydroxylation sites is 1. The average molecular weight is 488 g/mol. The fourth-order valence-corrected chi connectivity index (χ4v) is 4.05. The molecule has 8 heteroatoms. The standard InChI is InChI=1S/C28H30FN5O2/c1-20(2)16-17-30-28(36)27(22-8-4-3-5-9-22)33(18-21-12-14-23(29)15-13-21)26(35)19-34-25-11-7-6-10-24(25)31-32-34/h3-15,20,27H,16-19H2,1-2H3,(H,30,36)/t27-/m0/s1. The molecular weight excluding hydrogens is 457 g/mol. The third kappa shape index (κ3) is 6.13. The predicted octanol–water partition coefficient (Wildman–Crippen LogP) is 4.50. The van der Waals surface area contributed by atoms with E-state index in [0.29, 0.717) is 29.1 Å². The maximum absolute atomic E-state index is 13.8. The lowest BCUT2D eigenvalue weighted by Crippen LogP contribution is -2.45. The lowest BCUT2D eigenvalue weighted by molar-refractivity contribution is -0.142. The second kappa shape index (κ2) is 11.6. The minimum absolute atomic E-state index is 0.0929. The SMILES string of the molecule is CC(C)CCNC(=O)[C@H](c1ccccc1)N(Cc1ccc(F)cc1)C(=O)Cn1nnc2ccccc21. The number of nitrogens with zero attached hydrogens (tertiary/aromatic N) is 4. The van der Waals surface area contributed by atoms with Gasteiger partial charge in [-0.1, -0.05) is 73.7 Å². The zero-order chi connectivity index (χ0) is 25.5. The molecule has 0 fully saturated rings. The maximum atomic E-state index is 13.8. The van der Waals surface area contributed by atoms with Gasteiger partial charge in [-0.05, 0) is 47.7 Å². The summed E-state index contributed by atoms with van der Waals surface area (Å²) in [6.07, 6.45) is 0.824. The smallest absolute Gasteiger partial charge is 0.247 e. The highest BCUT2D eigenvalue weighted by Gasteiger charge is 2.32. The Hall–Kier alpha value is -4.07. The molecule has 0 bridgehead atoms. The normalized spacial score (nSPS) is 12.0. The van der Waals surface area contributed by atoms with Crippen LogP contribution in [0.2, 0.25) is 0 Å². The van der Waals surface area contributed by atoms with Crippen LogP contribution in [0.1, 0.15) is 37.4 Å². The summed E-state index contributed by atoms with van der Waals surface area (Å²) in [5.74, 6) is -0.502. The largest absolute Gasteiger partial charge is 0.354 e. The van der Waals surface area contributed by atoms with E-state index in [1.54, 1.807) is 12.1 Å². The number of fused-ring (bicyclic) bond motifs is 1. The van der Waals surface area contributed by atoms with Crippen molar-refractivity contribution in [3.05, 3.63) is 95.8 Å². The molecule has 0 spiro atoms. The highest BCUT2D eigenvalue weighted by atomic mass is 19.1. The van der Waals surface area contributed by atoms with Crippen LogP contribution in [0, 0.1) is 11.7 Å². The molecule has 1 atom stereocenters. The van der Waals surface area contributed by atoms with Gasteiger partial charge in [-0.3, -0.25) is 9.59 Å². The molecule has 3 aromatic carbocycles. The predicted molar refractivity (Wildman–Crippen MR) is 136 cm³/mol. The Morgan fingerprint density at radius 2 is 1.67 bits per heavy atom. The van der Waals surface area contributed by atoms with Crippen LogP contribution in [-0.2, 0) is 22.7 Å². The fourth-order valence-electron chi connectivity index (χ4n) is 4.05. The lowest BCUT2D eigenvalue weighted by atomic mass is 10.0. The van der Waals surface area contributed by atoms with E-state index in [-0.39, 0.29) is 30.7 Å². The second-order valence-corrected chi connectivity index (χ2v) is 9.17. The molecule has 0 aliphatic carbocycles. The molecule has 1 N–H and O–H groups in total. The Kier molecular flexibility index (Phi) is 8.05. The number of aromatic nitrogens is 3. The number of benzene rings is 3. The van der Waals surface area contributed by atoms with Crippen molar-refractivity contribution in [3.8, 4) is 0 Å². The fraction of sp³-hybridized carbons (Fsp3) is 0.286. The first-order valence-electron chi connectivity index (χ1n) is 12.1. The summed E-state index contributed by atoms with van der Waals surface area (Å²) in [5.41, 5.74) is 2.81. The summed E-state index contributed by atoms with van der Waals surface area (Å²) in [7, 11) is 0. The minimum Gasteiger partial charge on any atom is -0.354 e. The summed E-state index contributed by atoms with van der Waals surface area (Å²) in [6, 6.07) is 21.7. The molecule has 1 aromatic heterocycles. The third-order valence-corrected chi connectivity index (χ3v) is 5.99. The second-order valence-electron chi connectivity index (χ2n) is 9.17. The zero-order valence-corrected chi connectivity index (χ0v) is 20.5. The summed E-state index contributed by atoms with van der Waals surface area (Å²) >= 11 is 0. The highest BCUT2D eigenvalue weighted by Crippen LogP contribution is 2.25. The van der Waals surface area contributed by atoms with Gasteiger partial charge in [0.05, 0.1) is 5.52 Å². The van der Waals surface area contributed by atoms with Crippen LogP contribution in [-0.4, -0.2) is 38.3 Å². The number of halogens is 1. The van der Waals surface area contributed by atoms with Gasteiger partial charge in [0.15, 0.2) is 0 Å². The zero-order valence-electron chi connectivity index (χ0n) is 20.5. The van der Waals surface area contributed by atoms with Gasteiger partial charge in [0.2, 0.25) is 11.8 Å². The summed E-state index contributed by atoms with van der Waals surface area (Å²) in [4.78, 5) is 28.9. The van der Waals surface area contributed by atoms with Gasteiger partial charge in [0.25, 0.3) is 0 Å². The molecular formula is C28H30FN5O2. The number of nitrogens with one attached hydrogen (secondary N) is 1. The van der Waals surface area contributed by atoms with Gasteiger partial charge in [-0.15, -0.1) is 5.10 Å². The lowest BCUT2D eigenvalue weighted by Gasteiger charge is -2.31. The van der Waals surface area contributed by atoms with Gasteiger partial charge in [-0.2, -0.15) is 0 Å². The highest BCUT2D eigenvalue weighted by molar-refractivity contribution is 5.89. The van der Waals surface area contributed by atoms with Crippen LogP contribution in [0.5, 0.6) is 0 Å². The topological polar surface area (TPSA) is 80.1 Å². The average Bonchev–Trinajstić information content (AvgIpc) is 3.28. The van der Waals surface area contributed by atoms with E-state index in [1.165, 1.54) is 21.7 Å². The Morgan fingerprint density at radius 3 is 2.39 bits per heavy atom. The first kappa shape index (κ1) is 25.0. The molecule has 36 heavy (non-hydrogen) atoms. The molecule has 186 valence electrons. The van der Waals surface area contributed by atoms with Gasteiger partial charge < -0.3 is 10.2 Å². The Labute approximate surface area is 209 Å². The number of amides is 2. The van der Waals surface area contributed by atoms with Crippen LogP contribution in [0.3, 0.4) is 0 Å². The summed E-state index contributed by atoms with van der Waals surface area (Å²) < 4.78 is 15.1. The molecule has 0 aliphatic heterocycles. The van der Waals surface area contributed by atoms with Crippen molar-refractivity contribution in [2.45, 2.75) is 39.4 Å². The molecule has 0 unspecified atom stereocenters. The molecule has 1 heterocycles. The molecule has 4 aromatic rings. The molecule has 2 amide bonds. The monoisotopic (exact) mass is 487 g/mol. The maximum Gasteiger partial charge on any atom is 0.247 e. The van der Waals surface area contributed by atoms with E-state index in [1.807, 2.05) is 54.6 Å². The molecule has 0 radical (unpaired) electrons. The summed E-state index contributed by atoms with van der Waals surface area (Å²) in [5, 5.41) is 11.3. The first-order valence-corrected chi connectivity index (χ1v) is 12.1. The number of hydrogen-bond acceptors (Lipinski definition) is 4. The molecule has 0 saturated carbocycles. The Bertz CT molecular complexity index is 1300. The van der Waals surface area contributed by atoms with E-state index in [9.17, 15) is 14.0 Å². The Balaban J connectivity index is 1.69. The van der Waals surface area contributed by atoms with Gasteiger partial charge in [-0.25, -0.2) is 9.07 Å². The van der Waals surface area contributed by atoms with Crippen LogP contribution >= 0.6 is 0 Å². The van der Waals surface area contributed by atoms with Crippen molar-refractivity contribution >= 4 is 22.8 Å². The van der Waals surface area contributed by atoms with E-state index >= 15 is 0 Å². The van der Waals surface area contributed by atoms with E-state index in [0.717, 1.165) is 11.9 Å². The molecule has 0 saturated heterocycles. The molecule has 0 aliphatic rings. The molecule has 4 rings (SSSR count). The number of rotatable bonds is 10. The van der Waals surface area contributed by atoms with Crippen molar-refractivity contribution in [1.29, 1.82) is 0 Å². The van der Waals surface area contributed by atoms with Crippen molar-refractivity contribution in [1.82, 2.24) is 25.2 Å². The van der Waals surface area contributed by atoms with E-state index in [2.05, 4.69) is 29.5 Å². The first-order chi connectivity index (χ1) is 17.4. The summed E-state index contributed by atoms with van der Waals surface area (Å²) in [6.45, 7) is 4.72. The van der Waals surface area contributed by atoms with Gasteiger partial charge in [0.1, 0.15) is 23.9 Å². The van der Waals surface area contributed by atoms with Crippen LogP contribution in [0.25, 0.3) is 11.0 Å². The van der Waals surface area contributed by atoms with E-state index < -0.39 is 6.04 Å². The number of hydrogen-bond donors (Lipinski definition) is 1. The van der Waals surface area contributed by atoms with Gasteiger partial charge in [0, 0.05) is 13.1 Å². The van der Waals surface area contributed by atoms with E-state index in [4.69, 9.17) is 0 Å². The molecule has 7 nitrogen and oxygen atoms in total. The Morgan fingerprint density at radius 1 is 0.972 bits per heavy atom. The van der Waals surface area contributed by atoms with Crippen molar-refractivity contribution in [2.24, 2.45) is 5.92 Å². The number of carbonyl (C=O) groups excluding carboxylic acids is 2.